The molecule has 1 atom stereocenters. The number of aromatic nitrogens is 2. The smallest absolute Gasteiger partial charge is 0.274 e. The van der Waals surface area contributed by atoms with Gasteiger partial charge in [-0.25, -0.2) is 0 Å². The van der Waals surface area contributed by atoms with E-state index in [1.165, 1.54) is 12.8 Å². The van der Waals surface area contributed by atoms with Gasteiger partial charge >= 0.3 is 0 Å². The molecule has 5 nitrogen and oxygen atoms in total. The molecule has 1 aromatic rings. The average Bonchev–Trinajstić information content (AvgIpc) is 2.80. The monoisotopic (exact) mass is 304 g/mol. The van der Waals surface area contributed by atoms with Gasteiger partial charge in [0.2, 0.25) is 0 Å². The summed E-state index contributed by atoms with van der Waals surface area (Å²) in [4.78, 5) is 15.2. The van der Waals surface area contributed by atoms with Crippen molar-refractivity contribution in [3.05, 3.63) is 17.0 Å². The number of likely N-dealkylation sites (tertiary alicyclic amines) is 1. The number of carbonyl (C=O) groups excluding carboxylic acids is 1. The molecule has 1 unspecified atom stereocenters. The minimum Gasteiger partial charge on any atom is -0.334 e. The molecular weight excluding hydrogens is 276 g/mol. The molecule has 1 saturated heterocycles. The maximum atomic E-state index is 13.1. The predicted octanol–water partition coefficient (Wildman–Crippen LogP) is 2.49. The van der Waals surface area contributed by atoms with Crippen LogP contribution in [0.5, 0.6) is 0 Å². The molecule has 2 aliphatic heterocycles. The lowest BCUT2D eigenvalue weighted by Gasteiger charge is -2.31. The van der Waals surface area contributed by atoms with Gasteiger partial charge in [-0.05, 0) is 25.2 Å². The summed E-state index contributed by atoms with van der Waals surface area (Å²) < 4.78 is 0. The summed E-state index contributed by atoms with van der Waals surface area (Å²) >= 11 is 0. The van der Waals surface area contributed by atoms with Crippen molar-refractivity contribution in [2.45, 2.75) is 65.0 Å². The summed E-state index contributed by atoms with van der Waals surface area (Å²) in [7, 11) is 0. The van der Waals surface area contributed by atoms with Crippen LogP contribution in [0.2, 0.25) is 0 Å². The van der Waals surface area contributed by atoms with Crippen LogP contribution in [-0.4, -0.2) is 40.1 Å². The highest BCUT2D eigenvalue weighted by atomic mass is 16.2. The zero-order chi connectivity index (χ0) is 15.5. The molecule has 0 saturated carbocycles. The Labute approximate surface area is 132 Å². The zero-order valence-electron chi connectivity index (χ0n) is 13.8. The number of amides is 1. The molecule has 122 valence electrons. The Morgan fingerprint density at radius 3 is 3.05 bits per heavy atom. The van der Waals surface area contributed by atoms with Crippen LogP contribution in [0.25, 0.3) is 0 Å². The topological polar surface area (TPSA) is 61.0 Å². The van der Waals surface area contributed by atoms with Crippen LogP contribution in [0.1, 0.15) is 67.7 Å². The van der Waals surface area contributed by atoms with Crippen molar-refractivity contribution < 1.29 is 4.79 Å². The van der Waals surface area contributed by atoms with Crippen molar-refractivity contribution in [3.63, 3.8) is 0 Å². The molecule has 0 aromatic carbocycles. The molecule has 1 aromatic heterocycles. The molecule has 22 heavy (non-hydrogen) atoms. The first kappa shape index (κ1) is 15.5. The Bertz CT molecular complexity index is 523. The molecule has 0 bridgehead atoms. The molecule has 5 heteroatoms. The number of H-pyrrole nitrogens is 1. The van der Waals surface area contributed by atoms with E-state index in [2.05, 4.69) is 34.3 Å². The maximum Gasteiger partial charge on any atom is 0.274 e. The molecule has 0 aliphatic carbocycles. The first-order valence-electron chi connectivity index (χ1n) is 8.74. The fraction of sp³-hybridized carbons (Fsp3) is 0.765. The SMILES string of the molecule is CC(C)CC1CCCCCN1C(=O)c1n[nH]c2c1CNCC2. The van der Waals surface area contributed by atoms with Crippen LogP contribution in [-0.2, 0) is 13.0 Å². The van der Waals surface area contributed by atoms with E-state index in [1.807, 2.05) is 0 Å². The van der Waals surface area contributed by atoms with Crippen molar-refractivity contribution in [3.8, 4) is 0 Å². The molecule has 3 heterocycles. The van der Waals surface area contributed by atoms with Crippen molar-refractivity contribution in [2.24, 2.45) is 5.92 Å². The van der Waals surface area contributed by atoms with Gasteiger partial charge in [0.25, 0.3) is 5.91 Å². The highest BCUT2D eigenvalue weighted by molar-refractivity contribution is 5.94. The molecule has 0 spiro atoms. The standard InChI is InChI=1S/C17H28N4O/c1-12(2)10-13-6-4-3-5-9-21(13)17(22)16-14-11-18-8-7-15(14)19-20-16/h12-13,18H,3-11H2,1-2H3,(H,19,20). The molecular formula is C17H28N4O. The van der Waals surface area contributed by atoms with Gasteiger partial charge in [0.15, 0.2) is 5.69 Å². The van der Waals surface area contributed by atoms with Gasteiger partial charge in [0.1, 0.15) is 0 Å². The Kier molecular flexibility index (Phi) is 4.81. The number of nitrogens with zero attached hydrogens (tertiary/aromatic N) is 2. The average molecular weight is 304 g/mol. The van der Waals surface area contributed by atoms with Crippen LogP contribution in [0.3, 0.4) is 0 Å². The Morgan fingerprint density at radius 2 is 2.23 bits per heavy atom. The van der Waals surface area contributed by atoms with E-state index in [9.17, 15) is 4.79 Å². The normalized spacial score (nSPS) is 22.5. The summed E-state index contributed by atoms with van der Waals surface area (Å²) in [5, 5.41) is 10.8. The lowest BCUT2D eigenvalue weighted by molar-refractivity contribution is 0.0653. The number of hydrogen-bond acceptors (Lipinski definition) is 3. The number of aromatic amines is 1. The first-order chi connectivity index (χ1) is 10.7. The van der Waals surface area contributed by atoms with Crippen LogP contribution >= 0.6 is 0 Å². The number of nitrogens with one attached hydrogen (secondary N) is 2. The number of fused-ring (bicyclic) bond motifs is 1. The number of carbonyl (C=O) groups is 1. The van der Waals surface area contributed by atoms with Crippen LogP contribution in [0.4, 0.5) is 0 Å². The Morgan fingerprint density at radius 1 is 1.36 bits per heavy atom. The van der Waals surface area contributed by atoms with Gasteiger partial charge in [-0.15, -0.1) is 0 Å². The molecule has 2 aliphatic rings. The first-order valence-corrected chi connectivity index (χ1v) is 8.74. The second-order valence-electron chi connectivity index (χ2n) is 7.09. The molecule has 2 N–H and O–H groups in total. The van der Waals surface area contributed by atoms with Crippen molar-refractivity contribution in [1.82, 2.24) is 20.4 Å². The van der Waals surface area contributed by atoms with E-state index < -0.39 is 0 Å². The summed E-state index contributed by atoms with van der Waals surface area (Å²) in [6, 6.07) is 0.374. The van der Waals surface area contributed by atoms with E-state index >= 15 is 0 Å². The minimum absolute atomic E-state index is 0.133. The zero-order valence-corrected chi connectivity index (χ0v) is 13.8. The highest BCUT2D eigenvalue weighted by Gasteiger charge is 2.31. The lowest BCUT2D eigenvalue weighted by Crippen LogP contribution is -2.41. The van der Waals surface area contributed by atoms with Gasteiger partial charge in [0, 0.05) is 43.4 Å². The molecule has 1 fully saturated rings. The lowest BCUT2D eigenvalue weighted by atomic mass is 9.98. The maximum absolute atomic E-state index is 13.1. The van der Waals surface area contributed by atoms with Gasteiger partial charge in [-0.3, -0.25) is 9.89 Å². The number of hydrogen-bond donors (Lipinski definition) is 2. The molecule has 0 radical (unpaired) electrons. The van der Waals surface area contributed by atoms with Crippen molar-refractivity contribution in [2.75, 3.05) is 13.1 Å². The Balaban J connectivity index is 1.83. The third kappa shape index (κ3) is 3.19. The summed E-state index contributed by atoms with van der Waals surface area (Å²) in [6.45, 7) is 7.09. The Hall–Kier alpha value is -1.36. The molecule has 3 rings (SSSR count). The number of rotatable bonds is 3. The second-order valence-corrected chi connectivity index (χ2v) is 7.09. The third-order valence-corrected chi connectivity index (χ3v) is 4.89. The van der Waals surface area contributed by atoms with E-state index in [-0.39, 0.29) is 5.91 Å². The van der Waals surface area contributed by atoms with E-state index in [1.54, 1.807) is 0 Å². The van der Waals surface area contributed by atoms with Crippen molar-refractivity contribution >= 4 is 5.91 Å². The third-order valence-electron chi connectivity index (χ3n) is 4.89. The van der Waals surface area contributed by atoms with Crippen LogP contribution in [0, 0.1) is 5.92 Å². The largest absolute Gasteiger partial charge is 0.334 e. The van der Waals surface area contributed by atoms with Gasteiger partial charge in [-0.2, -0.15) is 5.10 Å². The molecule has 1 amide bonds. The second kappa shape index (κ2) is 6.82. The highest BCUT2D eigenvalue weighted by Crippen LogP contribution is 2.25. The van der Waals surface area contributed by atoms with Crippen molar-refractivity contribution in [1.29, 1.82) is 0 Å². The van der Waals surface area contributed by atoms with E-state index in [0.717, 1.165) is 56.6 Å². The fourth-order valence-electron chi connectivity index (χ4n) is 3.77. The summed E-state index contributed by atoms with van der Waals surface area (Å²) in [5.74, 6) is 0.752. The van der Waals surface area contributed by atoms with Gasteiger partial charge in [0.05, 0.1) is 0 Å². The summed E-state index contributed by atoms with van der Waals surface area (Å²) in [6.07, 6.45) is 6.75. The van der Waals surface area contributed by atoms with Gasteiger partial charge < -0.3 is 10.2 Å². The predicted molar refractivity (Wildman–Crippen MR) is 86.7 cm³/mol. The van der Waals surface area contributed by atoms with E-state index in [0.29, 0.717) is 17.7 Å². The van der Waals surface area contributed by atoms with Crippen LogP contribution in [0.15, 0.2) is 0 Å². The summed E-state index contributed by atoms with van der Waals surface area (Å²) in [5.41, 5.74) is 2.87. The quantitative estimate of drug-likeness (QED) is 0.902. The fourth-order valence-corrected chi connectivity index (χ4v) is 3.77. The minimum atomic E-state index is 0.133. The van der Waals surface area contributed by atoms with E-state index in [4.69, 9.17) is 0 Å². The van der Waals surface area contributed by atoms with Gasteiger partial charge in [-0.1, -0.05) is 26.7 Å². The van der Waals surface area contributed by atoms with Crippen LogP contribution < -0.4 is 5.32 Å².